The molecule has 24 heavy (non-hydrogen) atoms. The first-order chi connectivity index (χ1) is 11.7. The highest BCUT2D eigenvalue weighted by Crippen LogP contribution is 2.25. The molecule has 3 aromatic rings. The second kappa shape index (κ2) is 7.25. The van der Waals surface area contributed by atoms with Crippen molar-refractivity contribution in [3.8, 4) is 0 Å². The molecule has 3 rings (SSSR count). The van der Waals surface area contributed by atoms with Gasteiger partial charge in [0.1, 0.15) is 17.5 Å². The lowest BCUT2D eigenvalue weighted by Crippen LogP contribution is -2.20. The summed E-state index contributed by atoms with van der Waals surface area (Å²) in [6.45, 7) is 5.10. The Morgan fingerprint density at radius 1 is 1.12 bits per heavy atom. The highest BCUT2D eigenvalue weighted by atomic mass is 15.2. The molecule has 5 heteroatoms. The van der Waals surface area contributed by atoms with E-state index in [0.717, 1.165) is 47.0 Å². The first-order valence-electron chi connectivity index (χ1n) is 8.35. The number of rotatable bonds is 6. The number of nitrogens with one attached hydrogen (secondary N) is 1. The molecule has 1 N–H and O–H groups in total. The highest BCUT2D eigenvalue weighted by molar-refractivity contribution is 5.91. The van der Waals surface area contributed by atoms with Crippen molar-refractivity contribution in [2.45, 2.75) is 26.7 Å². The molecule has 0 spiro atoms. The van der Waals surface area contributed by atoms with E-state index in [4.69, 9.17) is 0 Å². The van der Waals surface area contributed by atoms with Gasteiger partial charge < -0.3 is 10.2 Å². The van der Waals surface area contributed by atoms with Crippen LogP contribution in [-0.2, 0) is 0 Å². The number of hydrogen-bond acceptors (Lipinski definition) is 5. The van der Waals surface area contributed by atoms with Gasteiger partial charge in [0.2, 0.25) is 0 Å². The molecule has 0 aliphatic carbocycles. The molecular formula is C19H23N5. The van der Waals surface area contributed by atoms with Crippen molar-refractivity contribution in [2.75, 3.05) is 23.8 Å². The first-order valence-corrected chi connectivity index (χ1v) is 8.35. The number of hydrogen-bond donors (Lipinski definition) is 1. The van der Waals surface area contributed by atoms with E-state index in [1.807, 2.05) is 37.4 Å². The SMILES string of the molecule is CCCCN(C)c1cc(Nc2cccc3cccnc23)nc(C)n1. The molecule has 2 heterocycles. The number of aromatic nitrogens is 3. The minimum Gasteiger partial charge on any atom is -0.360 e. The fourth-order valence-electron chi connectivity index (χ4n) is 2.66. The second-order valence-corrected chi connectivity index (χ2v) is 5.94. The van der Waals surface area contributed by atoms with Crippen LogP contribution in [0.3, 0.4) is 0 Å². The summed E-state index contributed by atoms with van der Waals surface area (Å²) in [5.41, 5.74) is 1.89. The standard InChI is InChI=1S/C19H23N5/c1-4-5-12-24(3)18-13-17(21-14(2)22-18)23-16-10-6-8-15-9-7-11-20-19(15)16/h6-11,13H,4-5,12H2,1-3H3,(H,21,22,23). The number of para-hydroxylation sites is 1. The lowest BCUT2D eigenvalue weighted by Gasteiger charge is -2.19. The summed E-state index contributed by atoms with van der Waals surface area (Å²) < 4.78 is 0. The average Bonchev–Trinajstić information content (AvgIpc) is 2.59. The van der Waals surface area contributed by atoms with Crippen molar-refractivity contribution in [1.82, 2.24) is 15.0 Å². The van der Waals surface area contributed by atoms with Gasteiger partial charge in [-0.15, -0.1) is 0 Å². The van der Waals surface area contributed by atoms with Crippen LogP contribution in [0.15, 0.2) is 42.6 Å². The van der Waals surface area contributed by atoms with Gasteiger partial charge in [-0.1, -0.05) is 31.5 Å². The molecule has 124 valence electrons. The summed E-state index contributed by atoms with van der Waals surface area (Å²) in [5, 5.41) is 4.50. The molecule has 0 radical (unpaired) electrons. The minimum absolute atomic E-state index is 0.756. The summed E-state index contributed by atoms with van der Waals surface area (Å²) in [6, 6.07) is 12.1. The molecule has 0 atom stereocenters. The van der Waals surface area contributed by atoms with Crippen molar-refractivity contribution in [2.24, 2.45) is 0 Å². The maximum absolute atomic E-state index is 4.55. The van der Waals surface area contributed by atoms with Gasteiger partial charge in [0, 0.05) is 31.2 Å². The van der Waals surface area contributed by atoms with Crippen LogP contribution in [0.4, 0.5) is 17.3 Å². The Morgan fingerprint density at radius 2 is 1.96 bits per heavy atom. The Hall–Kier alpha value is -2.69. The van der Waals surface area contributed by atoms with E-state index in [2.05, 4.69) is 51.3 Å². The molecule has 0 amide bonds. The van der Waals surface area contributed by atoms with E-state index < -0.39 is 0 Å². The van der Waals surface area contributed by atoms with Gasteiger partial charge in [-0.25, -0.2) is 9.97 Å². The fraction of sp³-hybridized carbons (Fsp3) is 0.316. The zero-order valence-corrected chi connectivity index (χ0v) is 14.5. The Labute approximate surface area is 142 Å². The van der Waals surface area contributed by atoms with Crippen molar-refractivity contribution >= 4 is 28.2 Å². The summed E-state index contributed by atoms with van der Waals surface area (Å²) in [5.74, 6) is 2.48. The summed E-state index contributed by atoms with van der Waals surface area (Å²) >= 11 is 0. The Kier molecular flexibility index (Phi) is 4.89. The average molecular weight is 321 g/mol. The molecular weight excluding hydrogens is 298 g/mol. The molecule has 0 bridgehead atoms. The number of fused-ring (bicyclic) bond motifs is 1. The topological polar surface area (TPSA) is 53.9 Å². The Bertz CT molecular complexity index is 826. The van der Waals surface area contributed by atoms with Crippen LogP contribution in [-0.4, -0.2) is 28.5 Å². The number of unbranched alkanes of at least 4 members (excludes halogenated alkanes) is 1. The second-order valence-electron chi connectivity index (χ2n) is 5.94. The molecule has 2 aromatic heterocycles. The van der Waals surface area contributed by atoms with E-state index in [-0.39, 0.29) is 0 Å². The predicted molar refractivity (Wildman–Crippen MR) is 100.0 cm³/mol. The van der Waals surface area contributed by atoms with Gasteiger partial charge >= 0.3 is 0 Å². The zero-order valence-electron chi connectivity index (χ0n) is 14.5. The summed E-state index contributed by atoms with van der Waals surface area (Å²) in [7, 11) is 2.07. The van der Waals surface area contributed by atoms with E-state index in [1.54, 1.807) is 0 Å². The van der Waals surface area contributed by atoms with Gasteiger partial charge in [-0.3, -0.25) is 4.98 Å². The molecule has 0 saturated heterocycles. The number of benzene rings is 1. The smallest absolute Gasteiger partial charge is 0.136 e. The molecule has 0 unspecified atom stereocenters. The summed E-state index contributed by atoms with van der Waals surface area (Å²) in [6.07, 6.45) is 4.12. The van der Waals surface area contributed by atoms with Crippen LogP contribution in [0.25, 0.3) is 10.9 Å². The van der Waals surface area contributed by atoms with Crippen LogP contribution in [0, 0.1) is 6.92 Å². The monoisotopic (exact) mass is 321 g/mol. The zero-order chi connectivity index (χ0) is 16.9. The third-order valence-corrected chi connectivity index (χ3v) is 3.96. The Morgan fingerprint density at radius 3 is 2.79 bits per heavy atom. The molecule has 0 saturated carbocycles. The third kappa shape index (κ3) is 3.62. The fourth-order valence-corrected chi connectivity index (χ4v) is 2.66. The van der Waals surface area contributed by atoms with E-state index in [0.29, 0.717) is 0 Å². The van der Waals surface area contributed by atoms with Gasteiger partial charge in [0.25, 0.3) is 0 Å². The number of nitrogens with zero attached hydrogens (tertiary/aromatic N) is 4. The summed E-state index contributed by atoms with van der Waals surface area (Å²) in [4.78, 5) is 15.7. The number of aryl methyl sites for hydroxylation is 1. The normalized spacial score (nSPS) is 10.8. The molecule has 0 fully saturated rings. The van der Waals surface area contributed by atoms with E-state index >= 15 is 0 Å². The van der Waals surface area contributed by atoms with Crippen molar-refractivity contribution in [1.29, 1.82) is 0 Å². The van der Waals surface area contributed by atoms with Crippen molar-refractivity contribution in [3.05, 3.63) is 48.4 Å². The van der Waals surface area contributed by atoms with Crippen LogP contribution in [0.5, 0.6) is 0 Å². The van der Waals surface area contributed by atoms with Gasteiger partial charge in [0.15, 0.2) is 0 Å². The quantitative estimate of drug-likeness (QED) is 0.733. The van der Waals surface area contributed by atoms with Gasteiger partial charge in [0.05, 0.1) is 11.2 Å². The maximum Gasteiger partial charge on any atom is 0.136 e. The number of pyridine rings is 1. The van der Waals surface area contributed by atoms with Crippen molar-refractivity contribution in [3.63, 3.8) is 0 Å². The number of anilines is 3. The lowest BCUT2D eigenvalue weighted by molar-refractivity contribution is 0.756. The first kappa shape index (κ1) is 16.2. The van der Waals surface area contributed by atoms with Crippen LogP contribution >= 0.6 is 0 Å². The Balaban J connectivity index is 1.90. The molecule has 0 aliphatic rings. The molecule has 1 aromatic carbocycles. The largest absolute Gasteiger partial charge is 0.360 e. The maximum atomic E-state index is 4.55. The van der Waals surface area contributed by atoms with E-state index in [9.17, 15) is 0 Å². The van der Waals surface area contributed by atoms with E-state index in [1.165, 1.54) is 6.42 Å². The highest BCUT2D eigenvalue weighted by Gasteiger charge is 2.08. The molecule has 0 aliphatic heterocycles. The van der Waals surface area contributed by atoms with Gasteiger partial charge in [-0.05, 0) is 25.5 Å². The van der Waals surface area contributed by atoms with Crippen LogP contribution < -0.4 is 10.2 Å². The van der Waals surface area contributed by atoms with Crippen LogP contribution in [0.1, 0.15) is 25.6 Å². The molecule has 5 nitrogen and oxygen atoms in total. The van der Waals surface area contributed by atoms with Crippen LogP contribution in [0.2, 0.25) is 0 Å². The van der Waals surface area contributed by atoms with Gasteiger partial charge in [-0.2, -0.15) is 0 Å². The van der Waals surface area contributed by atoms with Crippen molar-refractivity contribution < 1.29 is 0 Å². The lowest BCUT2D eigenvalue weighted by atomic mass is 10.2. The predicted octanol–water partition coefficient (Wildman–Crippen LogP) is 4.31. The minimum atomic E-state index is 0.756. The third-order valence-electron chi connectivity index (χ3n) is 3.96.